The molecule has 1 fully saturated rings. The summed E-state index contributed by atoms with van der Waals surface area (Å²) in [6.07, 6.45) is 9.59. The Bertz CT molecular complexity index is 349. The Morgan fingerprint density at radius 1 is 1.32 bits per heavy atom. The molecule has 0 unspecified atom stereocenters. The van der Waals surface area contributed by atoms with Gasteiger partial charge < -0.3 is 15.4 Å². The first-order valence-corrected chi connectivity index (χ1v) is 6.70. The van der Waals surface area contributed by atoms with Crippen molar-refractivity contribution in [3.8, 4) is 12.3 Å². The number of carbonyl (C=O) groups excluding carboxylic acids is 2. The van der Waals surface area contributed by atoms with E-state index in [4.69, 9.17) is 11.2 Å². The summed E-state index contributed by atoms with van der Waals surface area (Å²) >= 11 is 0. The molecule has 0 bridgehead atoms. The quantitative estimate of drug-likeness (QED) is 0.686. The number of carbonyl (C=O) groups is 2. The van der Waals surface area contributed by atoms with Gasteiger partial charge >= 0.3 is 0 Å². The Balaban J connectivity index is 2.10. The number of hydrogen-bond donors (Lipinski definition) is 2. The first kappa shape index (κ1) is 15.5. The van der Waals surface area contributed by atoms with Gasteiger partial charge in [0.15, 0.2) is 0 Å². The molecule has 1 aliphatic rings. The standard InChI is InChI=1S/C14H22N2O3/c1-3-7-15-13(17)9-16-14(18)10-19-12-6-4-5-11(2)8-12/h1,11-12H,4-10H2,2H3,(H,15,17)(H,16,18)/t11-,12+/m0/s1. The minimum absolute atomic E-state index is 0.0137. The van der Waals surface area contributed by atoms with E-state index in [1.807, 2.05) is 0 Å². The molecule has 5 nitrogen and oxygen atoms in total. The van der Waals surface area contributed by atoms with Crippen LogP contribution >= 0.6 is 0 Å². The van der Waals surface area contributed by atoms with E-state index in [9.17, 15) is 9.59 Å². The Kier molecular flexibility index (Phi) is 6.98. The monoisotopic (exact) mass is 266 g/mol. The van der Waals surface area contributed by atoms with Gasteiger partial charge in [0, 0.05) is 0 Å². The van der Waals surface area contributed by atoms with Gasteiger partial charge in [0.1, 0.15) is 6.61 Å². The van der Waals surface area contributed by atoms with Gasteiger partial charge in [-0.2, -0.15) is 0 Å². The van der Waals surface area contributed by atoms with Gasteiger partial charge in [-0.15, -0.1) is 6.42 Å². The number of ether oxygens (including phenoxy) is 1. The molecular weight excluding hydrogens is 244 g/mol. The Hall–Kier alpha value is -1.54. The van der Waals surface area contributed by atoms with E-state index in [-0.39, 0.29) is 37.6 Å². The molecule has 106 valence electrons. The Morgan fingerprint density at radius 3 is 2.79 bits per heavy atom. The molecule has 0 spiro atoms. The van der Waals surface area contributed by atoms with Crippen molar-refractivity contribution < 1.29 is 14.3 Å². The summed E-state index contributed by atoms with van der Waals surface area (Å²) in [6, 6.07) is 0. The predicted octanol–water partition coefficient (Wildman–Crippen LogP) is 0.447. The molecule has 0 aliphatic heterocycles. The summed E-state index contributed by atoms with van der Waals surface area (Å²) in [5.74, 6) is 2.39. The minimum Gasteiger partial charge on any atom is -0.368 e. The summed E-state index contributed by atoms with van der Waals surface area (Å²) in [7, 11) is 0. The molecule has 2 amide bonds. The van der Waals surface area contributed by atoms with E-state index >= 15 is 0 Å². The third kappa shape index (κ3) is 6.82. The maximum Gasteiger partial charge on any atom is 0.246 e. The van der Waals surface area contributed by atoms with Crippen LogP contribution in [0.5, 0.6) is 0 Å². The topological polar surface area (TPSA) is 67.4 Å². The third-order valence-electron chi connectivity index (χ3n) is 3.17. The van der Waals surface area contributed by atoms with Crippen molar-refractivity contribution in [3.05, 3.63) is 0 Å². The molecule has 5 heteroatoms. The highest BCUT2D eigenvalue weighted by atomic mass is 16.5. The smallest absolute Gasteiger partial charge is 0.246 e. The third-order valence-corrected chi connectivity index (χ3v) is 3.17. The molecule has 0 aromatic carbocycles. The van der Waals surface area contributed by atoms with Crippen LogP contribution in [0.25, 0.3) is 0 Å². The van der Waals surface area contributed by atoms with Crippen molar-refractivity contribution in [2.24, 2.45) is 5.92 Å². The second kappa shape index (κ2) is 8.54. The second-order valence-electron chi connectivity index (χ2n) is 4.96. The fourth-order valence-corrected chi connectivity index (χ4v) is 2.17. The number of nitrogens with one attached hydrogen (secondary N) is 2. The second-order valence-corrected chi connectivity index (χ2v) is 4.96. The molecule has 0 aromatic rings. The zero-order valence-corrected chi connectivity index (χ0v) is 11.4. The van der Waals surface area contributed by atoms with Crippen LogP contribution in [0, 0.1) is 18.3 Å². The number of rotatable bonds is 6. The van der Waals surface area contributed by atoms with Crippen molar-refractivity contribution in [1.82, 2.24) is 10.6 Å². The van der Waals surface area contributed by atoms with Gasteiger partial charge in [-0.1, -0.05) is 25.7 Å². The first-order valence-electron chi connectivity index (χ1n) is 6.70. The highest BCUT2D eigenvalue weighted by Crippen LogP contribution is 2.25. The first-order chi connectivity index (χ1) is 9.11. The Morgan fingerprint density at radius 2 is 2.11 bits per heavy atom. The maximum atomic E-state index is 11.5. The van der Waals surface area contributed by atoms with E-state index < -0.39 is 0 Å². The van der Waals surface area contributed by atoms with Crippen LogP contribution in [0.1, 0.15) is 32.6 Å². The molecule has 0 radical (unpaired) electrons. The normalized spacial score (nSPS) is 22.3. The fraction of sp³-hybridized carbons (Fsp3) is 0.714. The molecule has 0 heterocycles. The molecule has 1 saturated carbocycles. The van der Waals surface area contributed by atoms with Crippen molar-refractivity contribution in [3.63, 3.8) is 0 Å². The lowest BCUT2D eigenvalue weighted by Crippen LogP contribution is -2.39. The van der Waals surface area contributed by atoms with Crippen LogP contribution in [0.15, 0.2) is 0 Å². The van der Waals surface area contributed by atoms with Crippen LogP contribution in [-0.2, 0) is 14.3 Å². The zero-order valence-electron chi connectivity index (χ0n) is 11.4. The van der Waals surface area contributed by atoms with Crippen molar-refractivity contribution in [1.29, 1.82) is 0 Å². The van der Waals surface area contributed by atoms with Crippen molar-refractivity contribution in [2.75, 3.05) is 19.7 Å². The molecule has 2 N–H and O–H groups in total. The number of amides is 2. The van der Waals surface area contributed by atoms with E-state index in [2.05, 4.69) is 23.5 Å². The van der Waals surface area contributed by atoms with Gasteiger partial charge in [0.2, 0.25) is 11.8 Å². The molecule has 1 aliphatic carbocycles. The summed E-state index contributed by atoms with van der Waals surface area (Å²) < 4.78 is 5.55. The van der Waals surface area contributed by atoms with Crippen LogP contribution < -0.4 is 10.6 Å². The summed E-state index contributed by atoms with van der Waals surface area (Å²) in [6.45, 7) is 2.32. The van der Waals surface area contributed by atoms with Crippen molar-refractivity contribution in [2.45, 2.75) is 38.7 Å². The van der Waals surface area contributed by atoms with E-state index in [1.54, 1.807) is 0 Å². The SMILES string of the molecule is C#CCNC(=O)CNC(=O)CO[C@@H]1CCC[C@H](C)C1. The van der Waals surface area contributed by atoms with E-state index in [0.29, 0.717) is 5.92 Å². The van der Waals surface area contributed by atoms with Gasteiger partial charge in [0.05, 0.1) is 19.2 Å². The molecule has 19 heavy (non-hydrogen) atoms. The molecule has 0 aromatic heterocycles. The number of terminal acetylenes is 1. The van der Waals surface area contributed by atoms with Crippen LogP contribution in [0.2, 0.25) is 0 Å². The largest absolute Gasteiger partial charge is 0.368 e. The van der Waals surface area contributed by atoms with E-state index in [0.717, 1.165) is 19.3 Å². The lowest BCUT2D eigenvalue weighted by atomic mass is 9.89. The maximum absolute atomic E-state index is 11.5. The molecule has 0 saturated heterocycles. The molecule has 1 rings (SSSR count). The van der Waals surface area contributed by atoms with Crippen LogP contribution in [-0.4, -0.2) is 37.6 Å². The van der Waals surface area contributed by atoms with Gasteiger partial charge in [0.25, 0.3) is 0 Å². The fourth-order valence-electron chi connectivity index (χ4n) is 2.17. The van der Waals surface area contributed by atoms with Gasteiger partial charge in [-0.05, 0) is 18.8 Å². The summed E-state index contributed by atoms with van der Waals surface area (Å²) in [4.78, 5) is 22.7. The van der Waals surface area contributed by atoms with Crippen LogP contribution in [0.4, 0.5) is 0 Å². The predicted molar refractivity (Wildman–Crippen MR) is 72.2 cm³/mol. The highest BCUT2D eigenvalue weighted by Gasteiger charge is 2.20. The van der Waals surface area contributed by atoms with Crippen molar-refractivity contribution >= 4 is 11.8 Å². The van der Waals surface area contributed by atoms with Crippen LogP contribution in [0.3, 0.4) is 0 Å². The summed E-state index contributed by atoms with van der Waals surface area (Å²) in [5.41, 5.74) is 0. The number of hydrogen-bond acceptors (Lipinski definition) is 3. The Labute approximate surface area is 114 Å². The minimum atomic E-state index is -0.294. The highest BCUT2D eigenvalue weighted by molar-refractivity contribution is 5.85. The zero-order chi connectivity index (χ0) is 14.1. The average Bonchev–Trinajstić information content (AvgIpc) is 2.40. The lowest BCUT2D eigenvalue weighted by molar-refractivity contribution is -0.131. The molecular formula is C14H22N2O3. The average molecular weight is 266 g/mol. The lowest BCUT2D eigenvalue weighted by Gasteiger charge is -2.26. The molecule has 2 atom stereocenters. The van der Waals surface area contributed by atoms with E-state index in [1.165, 1.54) is 6.42 Å². The van der Waals surface area contributed by atoms with Gasteiger partial charge in [-0.25, -0.2) is 0 Å². The van der Waals surface area contributed by atoms with Gasteiger partial charge in [-0.3, -0.25) is 9.59 Å². The summed E-state index contributed by atoms with van der Waals surface area (Å²) in [5, 5.41) is 4.97.